The third-order valence-corrected chi connectivity index (χ3v) is 2.30. The van der Waals surface area contributed by atoms with Crippen molar-refractivity contribution in [3.05, 3.63) is 41.5 Å². The van der Waals surface area contributed by atoms with E-state index < -0.39 is 0 Å². The smallest absolute Gasteiger partial charge is 0.0736 e. The number of nitrogens with zero attached hydrogens (tertiary/aromatic N) is 1. The van der Waals surface area contributed by atoms with Crippen molar-refractivity contribution in [3.63, 3.8) is 0 Å². The van der Waals surface area contributed by atoms with Gasteiger partial charge in [-0.05, 0) is 29.5 Å². The van der Waals surface area contributed by atoms with Crippen molar-refractivity contribution >= 4 is 11.8 Å². The highest BCUT2D eigenvalue weighted by molar-refractivity contribution is 6.10. The van der Waals surface area contributed by atoms with Gasteiger partial charge in [0, 0.05) is 0 Å². The van der Waals surface area contributed by atoms with E-state index in [0.29, 0.717) is 0 Å². The van der Waals surface area contributed by atoms with Crippen LogP contribution in [0.3, 0.4) is 0 Å². The molecular weight excluding hydrogens is 162 g/mol. The Labute approximate surface area is 77.2 Å². The molecule has 0 unspecified atom stereocenters. The summed E-state index contributed by atoms with van der Waals surface area (Å²) >= 11 is 0. The molecule has 2 nitrogen and oxygen atoms in total. The van der Waals surface area contributed by atoms with E-state index in [1.54, 1.807) is 0 Å². The molecule has 13 heavy (non-hydrogen) atoms. The van der Waals surface area contributed by atoms with Crippen LogP contribution in [0.25, 0.3) is 5.57 Å². The molecule has 66 valence electrons. The first kappa shape index (κ1) is 8.05. The summed E-state index contributed by atoms with van der Waals surface area (Å²) in [6.07, 6.45) is 5.71. The van der Waals surface area contributed by atoms with E-state index in [2.05, 4.69) is 23.4 Å². The molecule has 0 bridgehead atoms. The summed E-state index contributed by atoms with van der Waals surface area (Å²) < 4.78 is 0. The molecular formula is C11H11NO. The predicted molar refractivity (Wildman–Crippen MR) is 53.0 cm³/mol. The van der Waals surface area contributed by atoms with Crippen molar-refractivity contribution in [3.8, 4) is 0 Å². The molecule has 1 aliphatic carbocycles. The Morgan fingerprint density at radius 1 is 1.31 bits per heavy atom. The predicted octanol–water partition coefficient (Wildman–Crippen LogP) is 2.48. The number of allylic oxidation sites excluding steroid dienone is 2. The molecule has 2 heteroatoms. The Morgan fingerprint density at radius 3 is 3.00 bits per heavy atom. The maximum Gasteiger partial charge on any atom is 0.0736 e. The van der Waals surface area contributed by atoms with Gasteiger partial charge >= 0.3 is 0 Å². The Balaban J connectivity index is 2.47. The van der Waals surface area contributed by atoms with E-state index in [0.717, 1.165) is 18.4 Å². The Hall–Kier alpha value is -1.57. The zero-order valence-electron chi connectivity index (χ0n) is 7.27. The van der Waals surface area contributed by atoms with Crippen LogP contribution in [0.15, 0.2) is 35.5 Å². The summed E-state index contributed by atoms with van der Waals surface area (Å²) in [5.74, 6) is 0. The van der Waals surface area contributed by atoms with E-state index >= 15 is 0 Å². The SMILES string of the molecule is ON=CC1=CCCc2ccccc21. The number of benzene rings is 1. The summed E-state index contributed by atoms with van der Waals surface area (Å²) in [6.45, 7) is 0. The minimum atomic E-state index is 1.02. The second kappa shape index (κ2) is 3.44. The average molecular weight is 173 g/mol. The van der Waals surface area contributed by atoms with Crippen LogP contribution in [0.5, 0.6) is 0 Å². The van der Waals surface area contributed by atoms with Gasteiger partial charge in [0.15, 0.2) is 0 Å². The lowest BCUT2D eigenvalue weighted by atomic mass is 9.91. The molecule has 0 amide bonds. The summed E-state index contributed by atoms with van der Waals surface area (Å²) in [5.41, 5.74) is 3.54. The van der Waals surface area contributed by atoms with Crippen molar-refractivity contribution in [2.75, 3.05) is 0 Å². The lowest BCUT2D eigenvalue weighted by Gasteiger charge is -2.13. The third-order valence-electron chi connectivity index (χ3n) is 2.30. The van der Waals surface area contributed by atoms with Crippen LogP contribution in [0.4, 0.5) is 0 Å². The molecule has 0 saturated carbocycles. The molecule has 1 aromatic rings. The van der Waals surface area contributed by atoms with Crippen molar-refractivity contribution in [2.45, 2.75) is 12.8 Å². The molecule has 0 fully saturated rings. The molecule has 0 atom stereocenters. The summed E-state index contributed by atoms with van der Waals surface area (Å²) in [5, 5.41) is 11.5. The lowest BCUT2D eigenvalue weighted by molar-refractivity contribution is 0.322. The maximum absolute atomic E-state index is 8.47. The molecule has 0 aromatic heterocycles. The van der Waals surface area contributed by atoms with Crippen LogP contribution in [-0.4, -0.2) is 11.4 Å². The van der Waals surface area contributed by atoms with Crippen molar-refractivity contribution in [1.29, 1.82) is 0 Å². The van der Waals surface area contributed by atoms with Crippen LogP contribution < -0.4 is 0 Å². The van der Waals surface area contributed by atoms with Gasteiger partial charge in [0.2, 0.25) is 0 Å². The van der Waals surface area contributed by atoms with Gasteiger partial charge < -0.3 is 5.21 Å². The largest absolute Gasteiger partial charge is 0.411 e. The molecule has 1 aromatic carbocycles. The molecule has 0 aliphatic heterocycles. The fourth-order valence-corrected chi connectivity index (χ4v) is 1.70. The first-order chi connectivity index (χ1) is 6.42. The highest BCUT2D eigenvalue weighted by Crippen LogP contribution is 2.24. The first-order valence-corrected chi connectivity index (χ1v) is 4.37. The molecule has 1 N–H and O–H groups in total. The average Bonchev–Trinajstić information content (AvgIpc) is 2.19. The van der Waals surface area contributed by atoms with Gasteiger partial charge in [-0.1, -0.05) is 35.5 Å². The van der Waals surface area contributed by atoms with Gasteiger partial charge in [0.25, 0.3) is 0 Å². The topological polar surface area (TPSA) is 32.6 Å². The summed E-state index contributed by atoms with van der Waals surface area (Å²) in [6, 6.07) is 8.22. The molecule has 0 radical (unpaired) electrons. The summed E-state index contributed by atoms with van der Waals surface area (Å²) in [7, 11) is 0. The monoisotopic (exact) mass is 173 g/mol. The van der Waals surface area contributed by atoms with Crippen LogP contribution >= 0.6 is 0 Å². The Morgan fingerprint density at radius 2 is 2.15 bits per heavy atom. The van der Waals surface area contributed by atoms with Crippen LogP contribution in [-0.2, 0) is 6.42 Å². The first-order valence-electron chi connectivity index (χ1n) is 4.37. The summed E-state index contributed by atoms with van der Waals surface area (Å²) in [4.78, 5) is 0. The van der Waals surface area contributed by atoms with Gasteiger partial charge in [-0.25, -0.2) is 0 Å². The number of aryl methyl sites for hydroxylation is 1. The van der Waals surface area contributed by atoms with Gasteiger partial charge in [0.1, 0.15) is 0 Å². The number of hydrogen-bond acceptors (Lipinski definition) is 2. The molecule has 2 rings (SSSR count). The second-order valence-electron chi connectivity index (χ2n) is 3.10. The third kappa shape index (κ3) is 1.47. The van der Waals surface area contributed by atoms with Gasteiger partial charge in [-0.15, -0.1) is 0 Å². The fourth-order valence-electron chi connectivity index (χ4n) is 1.70. The minimum absolute atomic E-state index is 1.02. The van der Waals surface area contributed by atoms with Crippen molar-refractivity contribution in [1.82, 2.24) is 0 Å². The fraction of sp³-hybridized carbons (Fsp3) is 0.182. The van der Waals surface area contributed by atoms with E-state index in [9.17, 15) is 0 Å². The van der Waals surface area contributed by atoms with Gasteiger partial charge in [-0.3, -0.25) is 0 Å². The Kier molecular flexibility index (Phi) is 2.13. The maximum atomic E-state index is 8.47. The van der Waals surface area contributed by atoms with Crippen LogP contribution in [0.1, 0.15) is 17.5 Å². The van der Waals surface area contributed by atoms with Crippen molar-refractivity contribution < 1.29 is 5.21 Å². The quantitative estimate of drug-likeness (QED) is 0.395. The standard InChI is InChI=1S/C11H11NO/c13-12-8-10-6-3-5-9-4-1-2-7-11(9)10/h1-2,4,6-8,13H,3,5H2. The molecule has 0 saturated heterocycles. The van der Waals surface area contributed by atoms with E-state index in [-0.39, 0.29) is 0 Å². The number of rotatable bonds is 1. The number of oxime groups is 1. The van der Waals surface area contributed by atoms with Gasteiger partial charge in [-0.2, -0.15) is 0 Å². The zero-order valence-corrected chi connectivity index (χ0v) is 7.27. The van der Waals surface area contributed by atoms with Crippen LogP contribution in [0, 0.1) is 0 Å². The zero-order chi connectivity index (χ0) is 9.10. The normalized spacial score (nSPS) is 15.5. The molecule has 1 aliphatic rings. The number of hydrogen-bond donors (Lipinski definition) is 1. The molecule has 0 spiro atoms. The van der Waals surface area contributed by atoms with E-state index in [1.165, 1.54) is 17.3 Å². The second-order valence-corrected chi connectivity index (χ2v) is 3.10. The van der Waals surface area contributed by atoms with E-state index in [1.807, 2.05) is 12.1 Å². The minimum Gasteiger partial charge on any atom is -0.411 e. The Bertz CT molecular complexity index is 366. The highest BCUT2D eigenvalue weighted by Gasteiger charge is 2.09. The van der Waals surface area contributed by atoms with Gasteiger partial charge in [0.05, 0.1) is 6.21 Å². The number of fused-ring (bicyclic) bond motifs is 1. The van der Waals surface area contributed by atoms with Crippen molar-refractivity contribution in [2.24, 2.45) is 5.16 Å². The van der Waals surface area contributed by atoms with Crippen LogP contribution in [0.2, 0.25) is 0 Å². The van der Waals surface area contributed by atoms with E-state index in [4.69, 9.17) is 5.21 Å². The lowest BCUT2D eigenvalue weighted by Crippen LogP contribution is -1.99. The molecule has 0 heterocycles. The highest BCUT2D eigenvalue weighted by atomic mass is 16.4.